The van der Waals surface area contributed by atoms with Gasteiger partial charge in [-0.05, 0) is 42.7 Å². The molecule has 0 aliphatic rings. The summed E-state index contributed by atoms with van der Waals surface area (Å²) in [5.41, 5.74) is 3.39. The van der Waals surface area contributed by atoms with Crippen LogP contribution in [-0.2, 0) is 9.53 Å². The first-order valence-corrected chi connectivity index (χ1v) is 9.78. The van der Waals surface area contributed by atoms with E-state index < -0.39 is 5.97 Å². The maximum atomic E-state index is 12.3. The summed E-state index contributed by atoms with van der Waals surface area (Å²) in [5.74, 6) is -0.844. The lowest BCUT2D eigenvalue weighted by Crippen LogP contribution is -2.31. The Labute approximate surface area is 175 Å². The summed E-state index contributed by atoms with van der Waals surface area (Å²) in [7, 11) is 0. The number of ether oxygens (including phenoxy) is 2. The van der Waals surface area contributed by atoms with Crippen molar-refractivity contribution in [1.82, 2.24) is 10.3 Å². The predicted octanol–water partition coefficient (Wildman–Crippen LogP) is 4.18. The molecule has 1 amide bonds. The van der Waals surface area contributed by atoms with Crippen LogP contribution >= 0.6 is 0 Å². The Morgan fingerprint density at radius 3 is 2.37 bits per heavy atom. The van der Waals surface area contributed by atoms with E-state index in [-0.39, 0.29) is 30.0 Å². The fourth-order valence-corrected chi connectivity index (χ4v) is 2.97. The van der Waals surface area contributed by atoms with Gasteiger partial charge in [0.05, 0.1) is 12.6 Å². The largest absolute Gasteiger partial charge is 0.477 e. The molecule has 0 spiro atoms. The van der Waals surface area contributed by atoms with Gasteiger partial charge in [0.15, 0.2) is 6.61 Å². The van der Waals surface area contributed by atoms with Crippen molar-refractivity contribution in [1.29, 1.82) is 0 Å². The maximum absolute atomic E-state index is 12.3. The van der Waals surface area contributed by atoms with Crippen molar-refractivity contribution in [3.8, 4) is 17.0 Å². The van der Waals surface area contributed by atoms with Gasteiger partial charge in [-0.25, -0.2) is 9.78 Å². The Balaban J connectivity index is 1.54. The SMILES string of the molecule is CCOc1ncccc1C(=O)OCC(=O)NC(C)c1ccc(-c2ccccc2)cc1. The van der Waals surface area contributed by atoms with Crippen LogP contribution in [0.5, 0.6) is 5.88 Å². The van der Waals surface area contributed by atoms with E-state index in [9.17, 15) is 9.59 Å². The van der Waals surface area contributed by atoms with Crippen molar-refractivity contribution in [2.75, 3.05) is 13.2 Å². The van der Waals surface area contributed by atoms with Gasteiger partial charge in [0.2, 0.25) is 5.88 Å². The maximum Gasteiger partial charge on any atom is 0.344 e. The van der Waals surface area contributed by atoms with Crippen LogP contribution in [0.15, 0.2) is 72.9 Å². The second-order valence-corrected chi connectivity index (χ2v) is 6.64. The van der Waals surface area contributed by atoms with Crippen molar-refractivity contribution >= 4 is 11.9 Å². The van der Waals surface area contributed by atoms with Gasteiger partial charge in [-0.15, -0.1) is 0 Å². The van der Waals surface area contributed by atoms with Gasteiger partial charge in [-0.1, -0.05) is 54.6 Å². The van der Waals surface area contributed by atoms with Crippen molar-refractivity contribution in [2.45, 2.75) is 19.9 Å². The van der Waals surface area contributed by atoms with Crippen molar-refractivity contribution in [3.63, 3.8) is 0 Å². The molecule has 0 saturated carbocycles. The van der Waals surface area contributed by atoms with Gasteiger partial charge in [-0.3, -0.25) is 4.79 Å². The molecule has 6 heteroatoms. The zero-order chi connectivity index (χ0) is 21.3. The van der Waals surface area contributed by atoms with Crippen molar-refractivity contribution < 1.29 is 19.1 Å². The molecular formula is C24H24N2O4. The fraction of sp³-hybridized carbons (Fsp3) is 0.208. The topological polar surface area (TPSA) is 77.5 Å². The molecule has 1 heterocycles. The van der Waals surface area contributed by atoms with E-state index in [1.165, 1.54) is 6.20 Å². The van der Waals surface area contributed by atoms with E-state index in [1.54, 1.807) is 19.1 Å². The van der Waals surface area contributed by atoms with Gasteiger partial charge in [0, 0.05) is 6.20 Å². The number of benzene rings is 2. The van der Waals surface area contributed by atoms with Gasteiger partial charge < -0.3 is 14.8 Å². The zero-order valence-electron chi connectivity index (χ0n) is 17.0. The molecule has 0 radical (unpaired) electrons. The first-order valence-electron chi connectivity index (χ1n) is 9.78. The minimum Gasteiger partial charge on any atom is -0.477 e. The smallest absolute Gasteiger partial charge is 0.344 e. The Bertz CT molecular complexity index is 988. The van der Waals surface area contributed by atoms with Crippen LogP contribution in [0.2, 0.25) is 0 Å². The van der Waals surface area contributed by atoms with Gasteiger partial charge in [-0.2, -0.15) is 0 Å². The molecule has 1 atom stereocenters. The van der Waals surface area contributed by atoms with Gasteiger partial charge >= 0.3 is 5.97 Å². The van der Waals surface area contributed by atoms with E-state index >= 15 is 0 Å². The third-order valence-electron chi connectivity index (χ3n) is 4.50. The molecule has 0 aliphatic heterocycles. The van der Waals surface area contributed by atoms with Crippen molar-refractivity contribution in [3.05, 3.63) is 84.1 Å². The number of aromatic nitrogens is 1. The van der Waals surface area contributed by atoms with Crippen LogP contribution in [0, 0.1) is 0 Å². The molecule has 30 heavy (non-hydrogen) atoms. The highest BCUT2D eigenvalue weighted by molar-refractivity contribution is 5.93. The third kappa shape index (κ3) is 5.44. The van der Waals surface area contributed by atoms with Gasteiger partial charge in [0.25, 0.3) is 5.91 Å². The summed E-state index contributed by atoms with van der Waals surface area (Å²) in [6.45, 7) is 3.67. The van der Waals surface area contributed by atoms with E-state index in [0.717, 1.165) is 16.7 Å². The number of hydrogen-bond donors (Lipinski definition) is 1. The van der Waals surface area contributed by atoms with E-state index in [4.69, 9.17) is 9.47 Å². The number of carbonyl (C=O) groups is 2. The zero-order valence-corrected chi connectivity index (χ0v) is 17.0. The molecule has 6 nitrogen and oxygen atoms in total. The number of carbonyl (C=O) groups excluding carboxylic acids is 2. The van der Waals surface area contributed by atoms with Crippen LogP contribution in [0.3, 0.4) is 0 Å². The third-order valence-corrected chi connectivity index (χ3v) is 4.50. The molecular weight excluding hydrogens is 380 g/mol. The standard InChI is InChI=1S/C24H24N2O4/c1-3-29-23-21(10-7-15-25-23)24(28)30-16-22(27)26-17(2)18-11-13-20(14-12-18)19-8-5-4-6-9-19/h4-15,17H,3,16H2,1-2H3,(H,26,27). The summed E-state index contributed by atoms with van der Waals surface area (Å²) in [5, 5.41) is 2.84. The van der Waals surface area contributed by atoms with Crippen LogP contribution in [-0.4, -0.2) is 30.1 Å². The molecule has 3 aromatic rings. The number of nitrogens with zero attached hydrogens (tertiary/aromatic N) is 1. The molecule has 0 saturated heterocycles. The summed E-state index contributed by atoms with van der Waals surface area (Å²) in [6, 6.07) is 21.0. The first kappa shape index (κ1) is 21.0. The number of nitrogens with one attached hydrogen (secondary N) is 1. The number of hydrogen-bond acceptors (Lipinski definition) is 5. The summed E-state index contributed by atoms with van der Waals surface area (Å²) >= 11 is 0. The van der Waals surface area contributed by atoms with Crippen LogP contribution in [0.4, 0.5) is 0 Å². The molecule has 1 unspecified atom stereocenters. The predicted molar refractivity (Wildman–Crippen MR) is 114 cm³/mol. The average molecular weight is 404 g/mol. The molecule has 0 fully saturated rings. The fourth-order valence-electron chi connectivity index (χ4n) is 2.97. The summed E-state index contributed by atoms with van der Waals surface area (Å²) < 4.78 is 10.4. The van der Waals surface area contributed by atoms with E-state index in [0.29, 0.717) is 6.61 Å². The number of rotatable bonds is 8. The Hall–Kier alpha value is -3.67. The minimum atomic E-state index is -0.651. The first-order chi connectivity index (χ1) is 14.6. The normalized spacial score (nSPS) is 11.4. The highest BCUT2D eigenvalue weighted by atomic mass is 16.5. The molecule has 1 N–H and O–H groups in total. The summed E-state index contributed by atoms with van der Waals surface area (Å²) in [6.07, 6.45) is 1.53. The lowest BCUT2D eigenvalue weighted by molar-refractivity contribution is -0.124. The monoisotopic (exact) mass is 404 g/mol. The second kappa shape index (κ2) is 10.2. The van der Waals surface area contributed by atoms with Crippen LogP contribution < -0.4 is 10.1 Å². The highest BCUT2D eigenvalue weighted by Gasteiger charge is 2.17. The number of esters is 1. The van der Waals surface area contributed by atoms with Crippen molar-refractivity contribution in [2.24, 2.45) is 0 Å². The molecule has 0 aliphatic carbocycles. The van der Waals surface area contributed by atoms with E-state index in [1.807, 2.05) is 61.5 Å². The molecule has 1 aromatic heterocycles. The minimum absolute atomic E-state index is 0.191. The summed E-state index contributed by atoms with van der Waals surface area (Å²) in [4.78, 5) is 28.5. The Kier molecular flexibility index (Phi) is 7.16. The van der Waals surface area contributed by atoms with Gasteiger partial charge in [0.1, 0.15) is 5.56 Å². The van der Waals surface area contributed by atoms with E-state index in [2.05, 4.69) is 10.3 Å². The molecule has 154 valence electrons. The second-order valence-electron chi connectivity index (χ2n) is 6.64. The molecule has 2 aromatic carbocycles. The quantitative estimate of drug-likeness (QED) is 0.570. The lowest BCUT2D eigenvalue weighted by atomic mass is 10.0. The average Bonchev–Trinajstić information content (AvgIpc) is 2.79. The Morgan fingerprint density at radius 2 is 1.67 bits per heavy atom. The Morgan fingerprint density at radius 1 is 0.967 bits per heavy atom. The number of pyridine rings is 1. The lowest BCUT2D eigenvalue weighted by Gasteiger charge is -2.15. The molecule has 0 bridgehead atoms. The molecule has 3 rings (SSSR count). The number of amides is 1. The van der Waals surface area contributed by atoms with Crippen LogP contribution in [0.1, 0.15) is 35.8 Å². The van der Waals surface area contributed by atoms with Crippen LogP contribution in [0.25, 0.3) is 11.1 Å². The highest BCUT2D eigenvalue weighted by Crippen LogP contribution is 2.22.